The number of hydrogen-bond donors (Lipinski definition) is 0. The van der Waals surface area contributed by atoms with E-state index < -0.39 is 0 Å². The average Bonchev–Trinajstić information content (AvgIpc) is 2.64. The molecule has 4 nitrogen and oxygen atoms in total. The van der Waals surface area contributed by atoms with Gasteiger partial charge in [-0.25, -0.2) is 4.79 Å². The highest BCUT2D eigenvalue weighted by Gasteiger charge is 2.05. The van der Waals surface area contributed by atoms with Crippen molar-refractivity contribution in [3.8, 4) is 5.75 Å². The first-order chi connectivity index (χ1) is 11.8. The Kier molecular flexibility index (Phi) is 5.40. The van der Waals surface area contributed by atoms with Gasteiger partial charge in [-0.05, 0) is 47.4 Å². The number of carbonyl (C=O) groups is 1. The monoisotopic (exact) mass is 321 g/mol. The Balaban J connectivity index is 1.40. The van der Waals surface area contributed by atoms with E-state index in [1.54, 1.807) is 6.20 Å². The molecule has 0 bridgehead atoms. The quantitative estimate of drug-likeness (QED) is 0.491. The predicted molar refractivity (Wildman–Crippen MR) is 93.0 cm³/mol. The van der Waals surface area contributed by atoms with E-state index in [-0.39, 0.29) is 12.6 Å². The number of hydrogen-bond acceptors (Lipinski definition) is 4. The van der Waals surface area contributed by atoms with E-state index in [4.69, 9.17) is 9.47 Å². The van der Waals surface area contributed by atoms with Gasteiger partial charge in [-0.15, -0.1) is 0 Å². The maximum Gasteiger partial charge on any atom is 0.344 e. The van der Waals surface area contributed by atoms with Gasteiger partial charge in [-0.2, -0.15) is 0 Å². The van der Waals surface area contributed by atoms with Crippen LogP contribution in [0.4, 0.5) is 0 Å². The first kappa shape index (κ1) is 16.0. The molecule has 0 atom stereocenters. The van der Waals surface area contributed by atoms with Crippen LogP contribution in [0.15, 0.2) is 67.0 Å². The molecule has 0 amide bonds. The van der Waals surface area contributed by atoms with Crippen molar-refractivity contribution in [2.24, 2.45) is 0 Å². The van der Waals surface area contributed by atoms with Crippen LogP contribution in [0.3, 0.4) is 0 Å². The fourth-order valence-electron chi connectivity index (χ4n) is 2.45. The molecule has 1 heterocycles. The van der Waals surface area contributed by atoms with Crippen LogP contribution in [0.5, 0.6) is 5.75 Å². The van der Waals surface area contributed by atoms with Gasteiger partial charge in [0.15, 0.2) is 6.61 Å². The number of pyridine rings is 1. The summed E-state index contributed by atoms with van der Waals surface area (Å²) in [6, 6.07) is 17.7. The smallest absolute Gasteiger partial charge is 0.344 e. The Hall–Kier alpha value is -2.88. The van der Waals surface area contributed by atoms with Crippen molar-refractivity contribution in [2.45, 2.75) is 12.8 Å². The van der Waals surface area contributed by atoms with Gasteiger partial charge >= 0.3 is 5.97 Å². The number of ether oxygens (including phenoxy) is 2. The number of fused-ring (bicyclic) bond motifs is 1. The molecule has 0 saturated heterocycles. The molecule has 122 valence electrons. The van der Waals surface area contributed by atoms with Crippen molar-refractivity contribution in [3.63, 3.8) is 0 Å². The molecular weight excluding hydrogens is 302 g/mol. The fourth-order valence-corrected chi connectivity index (χ4v) is 2.45. The van der Waals surface area contributed by atoms with Gasteiger partial charge in [0.2, 0.25) is 0 Å². The summed E-state index contributed by atoms with van der Waals surface area (Å²) in [5, 5.41) is 2.22. The third kappa shape index (κ3) is 4.56. The van der Waals surface area contributed by atoms with E-state index in [0.29, 0.717) is 12.4 Å². The Bertz CT molecular complexity index is 802. The average molecular weight is 321 g/mol. The molecule has 0 N–H and O–H groups in total. The normalized spacial score (nSPS) is 10.5. The lowest BCUT2D eigenvalue weighted by molar-refractivity contribution is -0.146. The van der Waals surface area contributed by atoms with E-state index >= 15 is 0 Å². The number of aromatic nitrogens is 1. The second-order valence-electron chi connectivity index (χ2n) is 5.48. The number of benzene rings is 2. The minimum absolute atomic E-state index is 0.0781. The predicted octanol–water partition coefficient (Wildman–Crippen LogP) is 3.79. The van der Waals surface area contributed by atoms with Crippen molar-refractivity contribution < 1.29 is 14.3 Å². The van der Waals surface area contributed by atoms with Crippen LogP contribution in [-0.2, 0) is 16.0 Å². The van der Waals surface area contributed by atoms with Crippen molar-refractivity contribution >= 4 is 16.7 Å². The second kappa shape index (κ2) is 8.11. The van der Waals surface area contributed by atoms with Gasteiger partial charge < -0.3 is 9.47 Å². The van der Waals surface area contributed by atoms with Crippen LogP contribution < -0.4 is 4.74 Å². The van der Waals surface area contributed by atoms with E-state index in [0.717, 1.165) is 29.2 Å². The molecule has 0 aliphatic carbocycles. The van der Waals surface area contributed by atoms with Crippen LogP contribution >= 0.6 is 0 Å². The highest BCUT2D eigenvalue weighted by molar-refractivity contribution is 5.83. The molecule has 0 radical (unpaired) electrons. The van der Waals surface area contributed by atoms with E-state index in [9.17, 15) is 4.79 Å². The third-order valence-corrected chi connectivity index (χ3v) is 3.67. The summed E-state index contributed by atoms with van der Waals surface area (Å²) in [6.45, 7) is 0.306. The Morgan fingerprint density at radius 2 is 1.88 bits per heavy atom. The number of nitrogens with zero attached hydrogens (tertiary/aromatic N) is 1. The van der Waals surface area contributed by atoms with E-state index in [1.165, 1.54) is 0 Å². The molecule has 0 spiro atoms. The minimum atomic E-state index is -0.352. The van der Waals surface area contributed by atoms with Crippen LogP contribution in [0, 0.1) is 0 Å². The Morgan fingerprint density at radius 1 is 1.00 bits per heavy atom. The summed E-state index contributed by atoms with van der Waals surface area (Å²) in [6.07, 6.45) is 5.18. The van der Waals surface area contributed by atoms with Gasteiger partial charge in [0.1, 0.15) is 5.75 Å². The molecule has 3 aromatic rings. The molecule has 2 aromatic carbocycles. The van der Waals surface area contributed by atoms with Crippen molar-refractivity contribution in [2.75, 3.05) is 13.2 Å². The number of esters is 1. The molecule has 4 heteroatoms. The summed E-state index contributed by atoms with van der Waals surface area (Å²) >= 11 is 0. The molecule has 24 heavy (non-hydrogen) atoms. The molecule has 0 aliphatic heterocycles. The molecular formula is C20H19NO3. The van der Waals surface area contributed by atoms with Gasteiger partial charge in [-0.3, -0.25) is 4.98 Å². The number of aryl methyl sites for hydroxylation is 1. The Labute approximate surface area is 141 Å². The van der Waals surface area contributed by atoms with Crippen molar-refractivity contribution in [1.82, 2.24) is 4.98 Å². The Morgan fingerprint density at radius 3 is 2.71 bits per heavy atom. The van der Waals surface area contributed by atoms with Crippen molar-refractivity contribution in [3.05, 3.63) is 72.6 Å². The lowest BCUT2D eigenvalue weighted by atomic mass is 10.1. The van der Waals surface area contributed by atoms with Gasteiger partial charge in [0, 0.05) is 12.4 Å². The van der Waals surface area contributed by atoms with Gasteiger partial charge in [0.25, 0.3) is 0 Å². The van der Waals surface area contributed by atoms with E-state index in [1.807, 2.05) is 60.8 Å². The van der Waals surface area contributed by atoms with Crippen LogP contribution in [0.25, 0.3) is 10.8 Å². The molecule has 0 fully saturated rings. The first-order valence-corrected chi connectivity index (χ1v) is 7.97. The highest BCUT2D eigenvalue weighted by atomic mass is 16.6. The second-order valence-corrected chi connectivity index (χ2v) is 5.48. The summed E-state index contributed by atoms with van der Waals surface area (Å²) in [4.78, 5) is 15.8. The zero-order valence-electron chi connectivity index (χ0n) is 13.4. The molecule has 0 unspecified atom stereocenters. The van der Waals surface area contributed by atoms with Gasteiger partial charge in [0.05, 0.1) is 6.61 Å². The number of carbonyl (C=O) groups excluding carboxylic acids is 1. The van der Waals surface area contributed by atoms with Crippen LogP contribution in [-0.4, -0.2) is 24.2 Å². The van der Waals surface area contributed by atoms with E-state index in [2.05, 4.69) is 4.98 Å². The zero-order chi connectivity index (χ0) is 16.6. The molecule has 1 aromatic heterocycles. The summed E-state index contributed by atoms with van der Waals surface area (Å²) < 4.78 is 10.7. The standard InChI is InChI=1S/C20H19NO3/c22-20(23-12-4-6-16-5-3-11-21-14-16)15-24-19-10-9-17-7-1-2-8-18(17)13-19/h1-3,5,7-11,13-14H,4,6,12,15H2. The SMILES string of the molecule is O=C(COc1ccc2ccccc2c1)OCCCc1cccnc1. The lowest BCUT2D eigenvalue weighted by Gasteiger charge is -2.08. The fraction of sp³-hybridized carbons (Fsp3) is 0.200. The number of rotatable bonds is 7. The topological polar surface area (TPSA) is 48.4 Å². The molecule has 0 aliphatic rings. The van der Waals surface area contributed by atoms with Crippen molar-refractivity contribution in [1.29, 1.82) is 0 Å². The lowest BCUT2D eigenvalue weighted by Crippen LogP contribution is -2.15. The van der Waals surface area contributed by atoms with Gasteiger partial charge in [-0.1, -0.05) is 36.4 Å². The molecule has 3 rings (SSSR count). The minimum Gasteiger partial charge on any atom is -0.482 e. The summed E-state index contributed by atoms with van der Waals surface area (Å²) in [7, 11) is 0. The maximum absolute atomic E-state index is 11.7. The third-order valence-electron chi connectivity index (χ3n) is 3.67. The van der Waals surface area contributed by atoms with Crippen LogP contribution in [0.2, 0.25) is 0 Å². The summed E-state index contributed by atoms with van der Waals surface area (Å²) in [5.41, 5.74) is 1.14. The zero-order valence-corrected chi connectivity index (χ0v) is 13.4. The maximum atomic E-state index is 11.7. The first-order valence-electron chi connectivity index (χ1n) is 7.97. The molecule has 0 saturated carbocycles. The highest BCUT2D eigenvalue weighted by Crippen LogP contribution is 2.20. The largest absolute Gasteiger partial charge is 0.482 e. The summed E-state index contributed by atoms with van der Waals surface area (Å²) in [5.74, 6) is 0.315. The van der Waals surface area contributed by atoms with Crippen LogP contribution in [0.1, 0.15) is 12.0 Å².